The fourth-order valence-corrected chi connectivity index (χ4v) is 2.87. The van der Waals surface area contributed by atoms with E-state index in [9.17, 15) is 4.79 Å². The molecule has 86 valence electrons. The van der Waals surface area contributed by atoms with E-state index in [1.54, 1.807) is 23.9 Å². The molecule has 0 radical (unpaired) electrons. The molecule has 2 N–H and O–H groups in total. The fourth-order valence-electron chi connectivity index (χ4n) is 1.72. The summed E-state index contributed by atoms with van der Waals surface area (Å²) in [6.07, 6.45) is 0.0477. The first kappa shape index (κ1) is 11.1. The summed E-state index contributed by atoms with van der Waals surface area (Å²) in [5.41, 5.74) is 0. The molecule has 1 atom stereocenters. The molecule has 2 rings (SSSR count). The number of likely N-dealkylation sites (tertiary alicyclic amines) is 1. The number of hydrogen-bond acceptors (Lipinski definition) is 3. The van der Waals surface area contributed by atoms with Crippen molar-refractivity contribution in [3.8, 4) is 5.75 Å². The molecule has 1 aliphatic rings. The minimum atomic E-state index is -0.839. The zero-order chi connectivity index (χ0) is 11.5. The molecule has 1 heterocycles. The fraction of sp³-hybridized carbons (Fsp3) is 0.364. The Kier molecular flexibility index (Phi) is 3.24. The van der Waals surface area contributed by atoms with Gasteiger partial charge in [-0.25, -0.2) is 4.79 Å². The van der Waals surface area contributed by atoms with E-state index < -0.39 is 6.09 Å². The molecule has 1 unspecified atom stereocenters. The van der Waals surface area contributed by atoms with Gasteiger partial charge < -0.3 is 15.1 Å². The zero-order valence-electron chi connectivity index (χ0n) is 8.67. The van der Waals surface area contributed by atoms with Crippen molar-refractivity contribution in [2.24, 2.45) is 0 Å². The van der Waals surface area contributed by atoms with E-state index in [1.807, 2.05) is 12.1 Å². The average Bonchev–Trinajstić information content (AvgIpc) is 2.70. The molecule has 1 amide bonds. The van der Waals surface area contributed by atoms with Gasteiger partial charge in [0.1, 0.15) is 5.75 Å². The lowest BCUT2D eigenvalue weighted by Gasteiger charge is -2.11. The summed E-state index contributed by atoms with van der Waals surface area (Å²) in [6, 6.07) is 6.99. The van der Waals surface area contributed by atoms with Crippen LogP contribution in [0.5, 0.6) is 5.75 Å². The van der Waals surface area contributed by atoms with Gasteiger partial charge in [0, 0.05) is 23.2 Å². The van der Waals surface area contributed by atoms with Crippen molar-refractivity contribution in [2.75, 3.05) is 13.1 Å². The average molecular weight is 239 g/mol. The van der Waals surface area contributed by atoms with E-state index in [0.717, 1.165) is 11.3 Å². The molecule has 0 aliphatic carbocycles. The maximum absolute atomic E-state index is 10.7. The molecule has 1 fully saturated rings. The van der Waals surface area contributed by atoms with Crippen LogP contribution in [-0.2, 0) is 0 Å². The summed E-state index contributed by atoms with van der Waals surface area (Å²) in [7, 11) is 0. The van der Waals surface area contributed by atoms with Crippen LogP contribution in [0.3, 0.4) is 0 Å². The molecule has 0 bridgehead atoms. The smallest absolute Gasteiger partial charge is 0.407 e. The van der Waals surface area contributed by atoms with Gasteiger partial charge in [-0.2, -0.15) is 0 Å². The van der Waals surface area contributed by atoms with Gasteiger partial charge in [-0.3, -0.25) is 0 Å². The van der Waals surface area contributed by atoms with Crippen LogP contribution in [0.1, 0.15) is 6.42 Å². The number of nitrogens with zero attached hydrogens (tertiary/aromatic N) is 1. The summed E-state index contributed by atoms with van der Waals surface area (Å²) >= 11 is 1.66. The lowest BCUT2D eigenvalue weighted by molar-refractivity contribution is 0.156. The Hall–Kier alpha value is -1.36. The quantitative estimate of drug-likeness (QED) is 0.831. The van der Waals surface area contributed by atoms with Crippen molar-refractivity contribution < 1.29 is 15.0 Å². The summed E-state index contributed by atoms with van der Waals surface area (Å²) in [5, 5.41) is 18.3. The predicted octanol–water partition coefficient (Wildman–Crippen LogP) is 2.24. The molecule has 5 heteroatoms. The number of phenolic OH excluding ortho intramolecular Hbond substituents is 1. The molecule has 4 nitrogen and oxygen atoms in total. The Labute approximate surface area is 97.9 Å². The third-order valence-corrected chi connectivity index (χ3v) is 3.82. The summed E-state index contributed by atoms with van der Waals surface area (Å²) in [5.74, 6) is 0.253. The second-order valence-corrected chi connectivity index (χ2v) is 5.12. The first-order chi connectivity index (χ1) is 7.65. The predicted molar refractivity (Wildman–Crippen MR) is 62.0 cm³/mol. The van der Waals surface area contributed by atoms with Crippen molar-refractivity contribution in [1.82, 2.24) is 4.90 Å². The second kappa shape index (κ2) is 4.65. The SMILES string of the molecule is O=C(O)N1CCC(Sc2ccc(O)cc2)C1. The number of benzene rings is 1. The molecule has 16 heavy (non-hydrogen) atoms. The number of thioether (sulfide) groups is 1. The van der Waals surface area contributed by atoms with Crippen LogP contribution in [-0.4, -0.2) is 39.5 Å². The third kappa shape index (κ3) is 2.61. The van der Waals surface area contributed by atoms with Crippen LogP contribution in [0.25, 0.3) is 0 Å². The number of phenols is 1. The van der Waals surface area contributed by atoms with Crippen LogP contribution in [0.15, 0.2) is 29.2 Å². The highest BCUT2D eigenvalue weighted by Gasteiger charge is 2.26. The molecule has 0 saturated carbocycles. The molecule has 1 aromatic rings. The van der Waals surface area contributed by atoms with Crippen LogP contribution in [0, 0.1) is 0 Å². The van der Waals surface area contributed by atoms with E-state index in [4.69, 9.17) is 10.2 Å². The molecule has 1 aromatic carbocycles. The molecular formula is C11H13NO3S. The lowest BCUT2D eigenvalue weighted by atomic mass is 10.3. The van der Waals surface area contributed by atoms with Gasteiger partial charge in [0.05, 0.1) is 0 Å². The molecule has 1 saturated heterocycles. The minimum Gasteiger partial charge on any atom is -0.508 e. The first-order valence-corrected chi connectivity index (χ1v) is 5.96. The Morgan fingerprint density at radius 1 is 1.38 bits per heavy atom. The monoisotopic (exact) mass is 239 g/mol. The maximum atomic E-state index is 10.7. The Balaban J connectivity index is 1.92. The van der Waals surface area contributed by atoms with E-state index in [1.165, 1.54) is 4.90 Å². The van der Waals surface area contributed by atoms with Gasteiger partial charge in [0.25, 0.3) is 0 Å². The van der Waals surface area contributed by atoms with Crippen LogP contribution < -0.4 is 0 Å². The minimum absolute atomic E-state index is 0.253. The number of carbonyl (C=O) groups is 1. The van der Waals surface area contributed by atoms with Gasteiger partial charge in [0.15, 0.2) is 0 Å². The highest BCUT2D eigenvalue weighted by atomic mass is 32.2. The van der Waals surface area contributed by atoms with Crippen molar-refractivity contribution in [3.63, 3.8) is 0 Å². The topological polar surface area (TPSA) is 60.8 Å². The van der Waals surface area contributed by atoms with E-state index >= 15 is 0 Å². The van der Waals surface area contributed by atoms with Gasteiger partial charge >= 0.3 is 6.09 Å². The van der Waals surface area contributed by atoms with E-state index in [2.05, 4.69) is 0 Å². The largest absolute Gasteiger partial charge is 0.508 e. The number of rotatable bonds is 2. The Morgan fingerprint density at radius 2 is 2.06 bits per heavy atom. The Morgan fingerprint density at radius 3 is 2.62 bits per heavy atom. The number of carboxylic acid groups (broad SMARTS) is 1. The summed E-state index contributed by atoms with van der Waals surface area (Å²) in [6.45, 7) is 1.20. The maximum Gasteiger partial charge on any atom is 0.407 e. The van der Waals surface area contributed by atoms with Gasteiger partial charge in [-0.1, -0.05) is 0 Å². The number of amides is 1. The summed E-state index contributed by atoms with van der Waals surface area (Å²) in [4.78, 5) is 13.2. The van der Waals surface area contributed by atoms with Crippen LogP contribution in [0.4, 0.5) is 4.79 Å². The van der Waals surface area contributed by atoms with Gasteiger partial charge in [-0.05, 0) is 30.7 Å². The highest BCUT2D eigenvalue weighted by molar-refractivity contribution is 8.00. The Bertz CT molecular complexity index is 379. The van der Waals surface area contributed by atoms with Gasteiger partial charge in [-0.15, -0.1) is 11.8 Å². The molecule has 1 aliphatic heterocycles. The van der Waals surface area contributed by atoms with Crippen LogP contribution >= 0.6 is 11.8 Å². The molecule has 0 aromatic heterocycles. The molecular weight excluding hydrogens is 226 g/mol. The van der Waals surface area contributed by atoms with Crippen molar-refractivity contribution >= 4 is 17.9 Å². The lowest BCUT2D eigenvalue weighted by Crippen LogP contribution is -2.26. The third-order valence-electron chi connectivity index (χ3n) is 2.56. The van der Waals surface area contributed by atoms with E-state index in [0.29, 0.717) is 18.3 Å². The second-order valence-electron chi connectivity index (χ2n) is 3.75. The van der Waals surface area contributed by atoms with Crippen molar-refractivity contribution in [1.29, 1.82) is 0 Å². The van der Waals surface area contributed by atoms with Crippen molar-refractivity contribution in [3.05, 3.63) is 24.3 Å². The molecule has 0 spiro atoms. The standard InChI is InChI=1S/C11H13NO3S/c13-8-1-3-9(4-2-8)16-10-5-6-12(7-10)11(14)15/h1-4,10,13H,5-7H2,(H,14,15). The highest BCUT2D eigenvalue weighted by Crippen LogP contribution is 2.30. The summed E-state index contributed by atoms with van der Waals surface area (Å²) < 4.78 is 0. The van der Waals surface area contributed by atoms with E-state index in [-0.39, 0.29) is 5.75 Å². The first-order valence-electron chi connectivity index (χ1n) is 5.09. The number of hydrogen-bond donors (Lipinski definition) is 2. The van der Waals surface area contributed by atoms with Gasteiger partial charge in [0.2, 0.25) is 0 Å². The number of aromatic hydroxyl groups is 1. The van der Waals surface area contributed by atoms with Crippen molar-refractivity contribution in [2.45, 2.75) is 16.6 Å². The van der Waals surface area contributed by atoms with Crippen LogP contribution in [0.2, 0.25) is 0 Å². The zero-order valence-corrected chi connectivity index (χ0v) is 9.48. The normalized spacial score (nSPS) is 20.0.